The van der Waals surface area contributed by atoms with Gasteiger partial charge in [0.25, 0.3) is 11.6 Å². The van der Waals surface area contributed by atoms with E-state index < -0.39 is 4.92 Å². The summed E-state index contributed by atoms with van der Waals surface area (Å²) >= 11 is 0. The van der Waals surface area contributed by atoms with E-state index in [1.165, 1.54) is 18.9 Å². The standard InChI is InChI=1S/C21H26N4O3/c1-16(15-24-11-5-6-12-24)14-22-21(26)17-9-10-19(20(13-17)25(27)28)23-18-7-3-2-4-8-18/h2-4,7-10,13,16,23H,5-6,11-12,14-15H2,1H3,(H,22,26). The molecule has 0 aliphatic carbocycles. The number of amides is 1. The maximum atomic E-state index is 12.5. The molecule has 28 heavy (non-hydrogen) atoms. The summed E-state index contributed by atoms with van der Waals surface area (Å²) in [6, 6.07) is 13.7. The van der Waals surface area contributed by atoms with Gasteiger partial charge in [0, 0.05) is 30.4 Å². The molecule has 2 N–H and O–H groups in total. The van der Waals surface area contributed by atoms with Gasteiger partial charge in [0.1, 0.15) is 5.69 Å². The Morgan fingerprint density at radius 2 is 1.89 bits per heavy atom. The van der Waals surface area contributed by atoms with E-state index in [9.17, 15) is 14.9 Å². The Kier molecular flexibility index (Phi) is 6.60. The van der Waals surface area contributed by atoms with Gasteiger partial charge in [0.05, 0.1) is 4.92 Å². The maximum absolute atomic E-state index is 12.5. The zero-order valence-corrected chi connectivity index (χ0v) is 16.1. The van der Waals surface area contributed by atoms with Gasteiger partial charge in [0.15, 0.2) is 0 Å². The highest BCUT2D eigenvalue weighted by Crippen LogP contribution is 2.28. The quantitative estimate of drug-likeness (QED) is 0.536. The first-order valence-electron chi connectivity index (χ1n) is 9.64. The minimum Gasteiger partial charge on any atom is -0.352 e. The van der Waals surface area contributed by atoms with E-state index in [0.717, 1.165) is 25.3 Å². The number of nitrogens with one attached hydrogen (secondary N) is 2. The van der Waals surface area contributed by atoms with Crippen molar-refractivity contribution in [1.29, 1.82) is 0 Å². The topological polar surface area (TPSA) is 87.5 Å². The molecule has 1 aliphatic rings. The summed E-state index contributed by atoms with van der Waals surface area (Å²) in [5, 5.41) is 17.4. The van der Waals surface area contributed by atoms with E-state index in [4.69, 9.17) is 0 Å². The number of benzene rings is 2. The van der Waals surface area contributed by atoms with E-state index in [2.05, 4.69) is 22.5 Å². The Morgan fingerprint density at radius 3 is 2.57 bits per heavy atom. The second-order valence-electron chi connectivity index (χ2n) is 7.30. The van der Waals surface area contributed by atoms with Crippen molar-refractivity contribution >= 4 is 23.0 Å². The van der Waals surface area contributed by atoms with E-state index >= 15 is 0 Å². The molecule has 1 heterocycles. The summed E-state index contributed by atoms with van der Waals surface area (Å²) in [7, 11) is 0. The Hall–Kier alpha value is -2.93. The number of nitro groups is 1. The van der Waals surface area contributed by atoms with Crippen molar-refractivity contribution in [3.63, 3.8) is 0 Å². The van der Waals surface area contributed by atoms with Crippen molar-refractivity contribution < 1.29 is 9.72 Å². The van der Waals surface area contributed by atoms with Gasteiger partial charge in [-0.05, 0) is 56.1 Å². The second kappa shape index (κ2) is 9.32. The first-order valence-corrected chi connectivity index (χ1v) is 9.64. The molecule has 1 saturated heterocycles. The van der Waals surface area contributed by atoms with Crippen molar-refractivity contribution in [1.82, 2.24) is 10.2 Å². The van der Waals surface area contributed by atoms with Crippen molar-refractivity contribution in [3.05, 3.63) is 64.2 Å². The van der Waals surface area contributed by atoms with Crippen LogP contribution in [0.3, 0.4) is 0 Å². The fraction of sp³-hybridized carbons (Fsp3) is 0.381. The third-order valence-corrected chi connectivity index (χ3v) is 4.89. The van der Waals surface area contributed by atoms with Gasteiger partial charge < -0.3 is 15.5 Å². The molecular weight excluding hydrogens is 356 g/mol. The molecule has 7 heteroatoms. The molecule has 2 aromatic carbocycles. The molecule has 0 bridgehead atoms. The Labute approximate surface area is 164 Å². The van der Waals surface area contributed by atoms with Crippen LogP contribution in [-0.4, -0.2) is 41.9 Å². The van der Waals surface area contributed by atoms with Crippen molar-refractivity contribution in [2.75, 3.05) is 31.5 Å². The second-order valence-corrected chi connectivity index (χ2v) is 7.30. The molecule has 3 rings (SSSR count). The fourth-order valence-electron chi connectivity index (χ4n) is 3.45. The zero-order chi connectivity index (χ0) is 19.9. The molecule has 1 amide bonds. The monoisotopic (exact) mass is 382 g/mol. The SMILES string of the molecule is CC(CNC(=O)c1ccc(Nc2ccccc2)c([N+](=O)[O-])c1)CN1CCCC1. The summed E-state index contributed by atoms with van der Waals surface area (Å²) in [6.07, 6.45) is 2.48. The summed E-state index contributed by atoms with van der Waals surface area (Å²) in [5.74, 6) is 0.0405. The molecule has 1 atom stereocenters. The number of nitro benzene ring substituents is 1. The lowest BCUT2D eigenvalue weighted by atomic mass is 10.1. The first-order chi connectivity index (χ1) is 13.5. The number of para-hydroxylation sites is 1. The Bertz CT molecular complexity index is 820. The molecular formula is C21H26N4O3. The highest BCUT2D eigenvalue weighted by Gasteiger charge is 2.19. The summed E-state index contributed by atoms with van der Waals surface area (Å²) in [5.41, 5.74) is 1.27. The van der Waals surface area contributed by atoms with Gasteiger partial charge in [0.2, 0.25) is 0 Å². The lowest BCUT2D eigenvalue weighted by Crippen LogP contribution is -2.34. The molecule has 1 aliphatic heterocycles. The summed E-state index contributed by atoms with van der Waals surface area (Å²) in [6.45, 7) is 5.86. The van der Waals surface area contributed by atoms with E-state index in [1.54, 1.807) is 12.1 Å². The molecule has 1 unspecified atom stereocenters. The summed E-state index contributed by atoms with van der Waals surface area (Å²) < 4.78 is 0. The largest absolute Gasteiger partial charge is 0.352 e. The third kappa shape index (κ3) is 5.29. The van der Waals surface area contributed by atoms with Crippen LogP contribution in [0, 0.1) is 16.0 Å². The van der Waals surface area contributed by atoms with Crippen LogP contribution in [0.4, 0.5) is 17.1 Å². The number of carbonyl (C=O) groups is 1. The average molecular weight is 382 g/mol. The predicted octanol–water partition coefficient (Wildman–Crippen LogP) is 3.80. The molecule has 0 radical (unpaired) electrons. The van der Waals surface area contributed by atoms with Crippen LogP contribution < -0.4 is 10.6 Å². The minimum absolute atomic E-state index is 0.124. The number of rotatable bonds is 8. The molecule has 0 aromatic heterocycles. The smallest absolute Gasteiger partial charge is 0.293 e. The molecule has 0 spiro atoms. The maximum Gasteiger partial charge on any atom is 0.293 e. The number of likely N-dealkylation sites (tertiary alicyclic amines) is 1. The molecule has 0 saturated carbocycles. The highest BCUT2D eigenvalue weighted by molar-refractivity contribution is 5.95. The van der Waals surface area contributed by atoms with Crippen molar-refractivity contribution in [2.45, 2.75) is 19.8 Å². The van der Waals surface area contributed by atoms with Crippen LogP contribution in [0.25, 0.3) is 0 Å². The van der Waals surface area contributed by atoms with Gasteiger partial charge in [-0.1, -0.05) is 25.1 Å². The number of hydrogen-bond acceptors (Lipinski definition) is 5. The van der Waals surface area contributed by atoms with E-state index in [0.29, 0.717) is 23.7 Å². The van der Waals surface area contributed by atoms with E-state index in [-0.39, 0.29) is 11.6 Å². The third-order valence-electron chi connectivity index (χ3n) is 4.89. The van der Waals surface area contributed by atoms with Crippen LogP contribution in [-0.2, 0) is 0 Å². The normalized spacial score (nSPS) is 15.2. The number of hydrogen-bond donors (Lipinski definition) is 2. The van der Waals surface area contributed by atoms with Gasteiger partial charge in [-0.15, -0.1) is 0 Å². The zero-order valence-electron chi connectivity index (χ0n) is 16.1. The molecule has 1 fully saturated rings. The fourth-order valence-corrected chi connectivity index (χ4v) is 3.45. The Balaban J connectivity index is 1.63. The van der Waals surface area contributed by atoms with Crippen LogP contribution in [0.2, 0.25) is 0 Å². The van der Waals surface area contributed by atoms with Crippen LogP contribution in [0.1, 0.15) is 30.1 Å². The highest BCUT2D eigenvalue weighted by atomic mass is 16.6. The summed E-state index contributed by atoms with van der Waals surface area (Å²) in [4.78, 5) is 25.9. The van der Waals surface area contributed by atoms with Crippen LogP contribution in [0.15, 0.2) is 48.5 Å². The molecule has 148 valence electrons. The molecule has 2 aromatic rings. The van der Waals surface area contributed by atoms with Gasteiger partial charge in [-0.25, -0.2) is 0 Å². The lowest BCUT2D eigenvalue weighted by molar-refractivity contribution is -0.383. The van der Waals surface area contributed by atoms with Crippen molar-refractivity contribution in [2.24, 2.45) is 5.92 Å². The number of nitrogens with zero attached hydrogens (tertiary/aromatic N) is 2. The number of carbonyl (C=O) groups excluding carboxylic acids is 1. The lowest BCUT2D eigenvalue weighted by Gasteiger charge is -2.20. The van der Waals surface area contributed by atoms with E-state index in [1.807, 2.05) is 30.3 Å². The van der Waals surface area contributed by atoms with Gasteiger partial charge in [-0.2, -0.15) is 0 Å². The minimum atomic E-state index is -0.474. The van der Waals surface area contributed by atoms with Crippen molar-refractivity contribution in [3.8, 4) is 0 Å². The molecule has 7 nitrogen and oxygen atoms in total. The predicted molar refractivity (Wildman–Crippen MR) is 110 cm³/mol. The average Bonchev–Trinajstić information content (AvgIpc) is 3.20. The Morgan fingerprint density at radius 1 is 1.18 bits per heavy atom. The van der Waals surface area contributed by atoms with Gasteiger partial charge in [-0.3, -0.25) is 14.9 Å². The first kappa shape index (κ1) is 19.8. The number of anilines is 2. The van der Waals surface area contributed by atoms with Crippen LogP contribution in [0.5, 0.6) is 0 Å². The van der Waals surface area contributed by atoms with Crippen LogP contribution >= 0.6 is 0 Å². The van der Waals surface area contributed by atoms with Gasteiger partial charge >= 0.3 is 0 Å².